The number of nitrogens with zero attached hydrogens (tertiary/aromatic N) is 2. The number of para-hydroxylation sites is 1. The highest BCUT2D eigenvalue weighted by molar-refractivity contribution is 5.96. The molecule has 0 saturated carbocycles. The quantitative estimate of drug-likeness (QED) is 0.355. The fourth-order valence-corrected chi connectivity index (χ4v) is 2.41. The molecular weight excluding hydrogens is 354 g/mol. The molecule has 3 aromatic rings. The van der Waals surface area contributed by atoms with Crippen molar-refractivity contribution in [1.82, 2.24) is 4.98 Å². The molecule has 1 aromatic heterocycles. The molecule has 0 aliphatic rings. The molecule has 144 valence electrons. The molecule has 6 heteroatoms. The summed E-state index contributed by atoms with van der Waals surface area (Å²) < 4.78 is 11.3. The van der Waals surface area contributed by atoms with Gasteiger partial charge in [0.25, 0.3) is 0 Å². The predicted octanol–water partition coefficient (Wildman–Crippen LogP) is 4.50. The van der Waals surface area contributed by atoms with Crippen LogP contribution >= 0.6 is 0 Å². The summed E-state index contributed by atoms with van der Waals surface area (Å²) in [5.74, 6) is 2.24. The Bertz CT molecular complexity index is 910. The number of oxime groups is 1. The highest BCUT2D eigenvalue weighted by Gasteiger charge is 2.04. The Balaban J connectivity index is 1.56. The highest BCUT2D eigenvalue weighted by atomic mass is 16.6. The third-order valence-electron chi connectivity index (χ3n) is 3.66. The standard InChI is InChI=1S/C22H23N3O3/c1-16(2)27-20-10-6-7-17(13-20)15-26-25-22(23)18-11-12-21(24-14-18)28-19-8-4-3-5-9-19/h3-14,16H,15H2,1-2H3,(H2,23,25). The van der Waals surface area contributed by atoms with E-state index in [4.69, 9.17) is 20.0 Å². The summed E-state index contributed by atoms with van der Waals surface area (Å²) in [5.41, 5.74) is 7.57. The van der Waals surface area contributed by atoms with Gasteiger partial charge in [0.1, 0.15) is 18.1 Å². The topological polar surface area (TPSA) is 79.0 Å². The number of pyridine rings is 1. The molecule has 1 heterocycles. The van der Waals surface area contributed by atoms with Crippen molar-refractivity contribution in [3.63, 3.8) is 0 Å². The Morgan fingerprint density at radius 1 is 1.00 bits per heavy atom. The van der Waals surface area contributed by atoms with E-state index in [2.05, 4.69) is 10.1 Å². The molecule has 0 bridgehead atoms. The number of ether oxygens (including phenoxy) is 2. The van der Waals surface area contributed by atoms with Crippen molar-refractivity contribution in [2.24, 2.45) is 10.9 Å². The van der Waals surface area contributed by atoms with Crippen LogP contribution in [-0.2, 0) is 11.4 Å². The minimum Gasteiger partial charge on any atom is -0.491 e. The molecule has 2 N–H and O–H groups in total. The second-order valence-electron chi connectivity index (χ2n) is 6.36. The van der Waals surface area contributed by atoms with Gasteiger partial charge in [0.2, 0.25) is 5.88 Å². The smallest absolute Gasteiger partial charge is 0.219 e. The third-order valence-corrected chi connectivity index (χ3v) is 3.66. The largest absolute Gasteiger partial charge is 0.491 e. The number of rotatable bonds is 8. The molecule has 0 fully saturated rings. The number of hydrogen-bond donors (Lipinski definition) is 1. The number of benzene rings is 2. The average Bonchev–Trinajstić information content (AvgIpc) is 2.69. The molecule has 0 amide bonds. The van der Waals surface area contributed by atoms with Crippen molar-refractivity contribution in [3.05, 3.63) is 84.1 Å². The van der Waals surface area contributed by atoms with Crippen LogP contribution in [0.25, 0.3) is 0 Å². The minimum absolute atomic E-state index is 0.117. The zero-order valence-electron chi connectivity index (χ0n) is 15.9. The van der Waals surface area contributed by atoms with E-state index >= 15 is 0 Å². The van der Waals surface area contributed by atoms with Gasteiger partial charge in [0, 0.05) is 17.8 Å². The first-order chi connectivity index (χ1) is 13.6. The molecule has 6 nitrogen and oxygen atoms in total. The number of amidine groups is 1. The van der Waals surface area contributed by atoms with Crippen molar-refractivity contribution < 1.29 is 14.3 Å². The molecule has 0 spiro atoms. The first-order valence-electron chi connectivity index (χ1n) is 9.00. The zero-order valence-corrected chi connectivity index (χ0v) is 15.9. The van der Waals surface area contributed by atoms with Gasteiger partial charge in [-0.15, -0.1) is 0 Å². The Labute approximate surface area is 164 Å². The van der Waals surface area contributed by atoms with Gasteiger partial charge in [-0.2, -0.15) is 0 Å². The van der Waals surface area contributed by atoms with E-state index in [0.29, 0.717) is 18.1 Å². The predicted molar refractivity (Wildman–Crippen MR) is 108 cm³/mol. The van der Waals surface area contributed by atoms with Gasteiger partial charge in [-0.1, -0.05) is 35.5 Å². The molecule has 0 aliphatic carbocycles. The second kappa shape index (κ2) is 9.41. The molecule has 2 aromatic carbocycles. The lowest BCUT2D eigenvalue weighted by Crippen LogP contribution is -2.14. The Hall–Kier alpha value is -3.54. The summed E-state index contributed by atoms with van der Waals surface area (Å²) in [7, 11) is 0. The van der Waals surface area contributed by atoms with Gasteiger partial charge in [-0.05, 0) is 49.7 Å². The Morgan fingerprint density at radius 2 is 1.79 bits per heavy atom. The highest BCUT2D eigenvalue weighted by Crippen LogP contribution is 2.19. The van der Waals surface area contributed by atoms with Gasteiger partial charge < -0.3 is 20.0 Å². The SMILES string of the molecule is CC(C)Oc1cccc(CO/N=C(/N)c2ccc(Oc3ccccc3)nc2)c1. The van der Waals surface area contributed by atoms with Crippen LogP contribution in [0.1, 0.15) is 25.0 Å². The lowest BCUT2D eigenvalue weighted by molar-refractivity contribution is 0.130. The first-order valence-corrected chi connectivity index (χ1v) is 9.00. The Morgan fingerprint density at radius 3 is 2.50 bits per heavy atom. The third kappa shape index (κ3) is 5.74. The summed E-state index contributed by atoms with van der Waals surface area (Å²) in [5, 5.41) is 3.97. The summed E-state index contributed by atoms with van der Waals surface area (Å²) in [4.78, 5) is 9.62. The van der Waals surface area contributed by atoms with Crippen molar-refractivity contribution in [3.8, 4) is 17.4 Å². The second-order valence-corrected chi connectivity index (χ2v) is 6.36. The molecule has 0 aliphatic heterocycles. The van der Waals surface area contributed by atoms with Crippen molar-refractivity contribution in [2.45, 2.75) is 26.6 Å². The fraction of sp³-hybridized carbons (Fsp3) is 0.182. The van der Waals surface area contributed by atoms with E-state index in [1.165, 1.54) is 0 Å². The number of aromatic nitrogens is 1. The molecule has 0 atom stereocenters. The first kappa shape index (κ1) is 19.2. The summed E-state index contributed by atoms with van der Waals surface area (Å²) >= 11 is 0. The Kier molecular flexibility index (Phi) is 6.46. The molecule has 0 unspecified atom stereocenters. The number of nitrogens with two attached hydrogens (primary N) is 1. The van der Waals surface area contributed by atoms with Crippen LogP contribution in [0.2, 0.25) is 0 Å². The van der Waals surface area contributed by atoms with Gasteiger partial charge in [0.05, 0.1) is 6.10 Å². The van der Waals surface area contributed by atoms with E-state index in [-0.39, 0.29) is 11.9 Å². The summed E-state index contributed by atoms with van der Waals surface area (Å²) in [6, 6.07) is 20.6. The van der Waals surface area contributed by atoms with Gasteiger partial charge >= 0.3 is 0 Å². The molecule has 0 radical (unpaired) electrons. The van der Waals surface area contributed by atoms with Crippen LogP contribution in [0.3, 0.4) is 0 Å². The maximum atomic E-state index is 5.98. The monoisotopic (exact) mass is 377 g/mol. The van der Waals surface area contributed by atoms with Crippen LogP contribution in [0.4, 0.5) is 0 Å². The van der Waals surface area contributed by atoms with Crippen LogP contribution in [0.5, 0.6) is 17.4 Å². The summed E-state index contributed by atoms with van der Waals surface area (Å²) in [6.07, 6.45) is 1.71. The van der Waals surface area contributed by atoms with Crippen molar-refractivity contribution >= 4 is 5.84 Å². The van der Waals surface area contributed by atoms with E-state index in [1.54, 1.807) is 18.3 Å². The van der Waals surface area contributed by atoms with E-state index in [1.807, 2.05) is 68.4 Å². The average molecular weight is 377 g/mol. The minimum atomic E-state index is 0.117. The maximum Gasteiger partial charge on any atom is 0.219 e. The lowest BCUT2D eigenvalue weighted by atomic mass is 10.2. The van der Waals surface area contributed by atoms with E-state index in [9.17, 15) is 0 Å². The van der Waals surface area contributed by atoms with Gasteiger partial charge in [-0.3, -0.25) is 0 Å². The molecular formula is C22H23N3O3. The fourth-order valence-electron chi connectivity index (χ4n) is 2.41. The van der Waals surface area contributed by atoms with Crippen LogP contribution < -0.4 is 15.2 Å². The van der Waals surface area contributed by atoms with E-state index in [0.717, 1.165) is 17.1 Å². The van der Waals surface area contributed by atoms with E-state index < -0.39 is 0 Å². The zero-order chi connectivity index (χ0) is 19.8. The van der Waals surface area contributed by atoms with Crippen molar-refractivity contribution in [1.29, 1.82) is 0 Å². The van der Waals surface area contributed by atoms with Crippen LogP contribution in [0.15, 0.2) is 78.1 Å². The van der Waals surface area contributed by atoms with Crippen molar-refractivity contribution in [2.75, 3.05) is 0 Å². The number of hydrogen-bond acceptors (Lipinski definition) is 5. The van der Waals surface area contributed by atoms with Gasteiger partial charge in [0.15, 0.2) is 5.84 Å². The molecule has 3 rings (SSSR count). The molecule has 0 saturated heterocycles. The van der Waals surface area contributed by atoms with Crippen LogP contribution in [-0.4, -0.2) is 16.9 Å². The molecule has 28 heavy (non-hydrogen) atoms. The maximum absolute atomic E-state index is 5.98. The normalized spacial score (nSPS) is 11.3. The summed E-state index contributed by atoms with van der Waals surface area (Å²) in [6.45, 7) is 4.26. The van der Waals surface area contributed by atoms with Crippen LogP contribution in [0, 0.1) is 0 Å². The van der Waals surface area contributed by atoms with Gasteiger partial charge in [-0.25, -0.2) is 4.98 Å². The lowest BCUT2D eigenvalue weighted by Gasteiger charge is -2.10.